The van der Waals surface area contributed by atoms with Gasteiger partial charge in [-0.2, -0.15) is 0 Å². The van der Waals surface area contributed by atoms with Crippen molar-refractivity contribution in [2.75, 3.05) is 6.54 Å². The summed E-state index contributed by atoms with van der Waals surface area (Å²) in [6, 6.07) is 5.14. The first kappa shape index (κ1) is 11.2. The Labute approximate surface area is 96.9 Å². The van der Waals surface area contributed by atoms with E-state index in [4.69, 9.17) is 0 Å². The van der Waals surface area contributed by atoms with Gasteiger partial charge in [0.2, 0.25) is 0 Å². The third kappa shape index (κ3) is 2.11. The van der Waals surface area contributed by atoms with Crippen molar-refractivity contribution < 1.29 is 0 Å². The summed E-state index contributed by atoms with van der Waals surface area (Å²) in [5, 5.41) is 5.87. The average molecular weight is 223 g/mol. The van der Waals surface area contributed by atoms with E-state index in [1.165, 1.54) is 19.4 Å². The molecule has 1 aliphatic rings. The molecule has 2 unspecified atom stereocenters. The predicted molar refractivity (Wildman–Crippen MR) is 67.5 cm³/mol. The monoisotopic (exact) mass is 223 g/mol. The Morgan fingerprint density at radius 2 is 2.40 bits per heavy atom. The Morgan fingerprint density at radius 1 is 1.60 bits per heavy atom. The van der Waals surface area contributed by atoms with E-state index in [0.717, 1.165) is 5.92 Å². The molecule has 0 spiro atoms. The summed E-state index contributed by atoms with van der Waals surface area (Å²) in [5.74, 6) is 0.778. The van der Waals surface area contributed by atoms with Gasteiger partial charge in [-0.25, -0.2) is 0 Å². The number of thiophene rings is 1. The molecule has 0 aromatic carbocycles. The molecule has 0 saturated carbocycles. The highest BCUT2D eigenvalue weighted by Gasteiger charge is 2.40. The first-order valence-corrected chi connectivity index (χ1v) is 6.78. The Bertz CT molecular complexity index is 304. The summed E-state index contributed by atoms with van der Waals surface area (Å²) < 4.78 is 0. The van der Waals surface area contributed by atoms with Crippen LogP contribution in [0.15, 0.2) is 17.5 Å². The van der Waals surface area contributed by atoms with E-state index in [-0.39, 0.29) is 0 Å². The van der Waals surface area contributed by atoms with Crippen molar-refractivity contribution in [1.29, 1.82) is 0 Å². The average Bonchev–Trinajstić information content (AvgIpc) is 2.76. The van der Waals surface area contributed by atoms with E-state index in [9.17, 15) is 0 Å². The van der Waals surface area contributed by atoms with Crippen molar-refractivity contribution in [2.24, 2.45) is 5.92 Å². The van der Waals surface area contributed by atoms with Crippen molar-refractivity contribution in [2.45, 2.75) is 45.1 Å². The van der Waals surface area contributed by atoms with Crippen LogP contribution in [-0.4, -0.2) is 12.6 Å². The lowest BCUT2D eigenvalue weighted by Gasteiger charge is -2.31. The molecular formula is C13H21NS. The molecule has 84 valence electrons. The van der Waals surface area contributed by atoms with Crippen LogP contribution < -0.4 is 5.32 Å². The van der Waals surface area contributed by atoms with Gasteiger partial charge in [0.25, 0.3) is 0 Å². The van der Waals surface area contributed by atoms with Gasteiger partial charge in [-0.15, -0.1) is 11.3 Å². The third-order valence-electron chi connectivity index (χ3n) is 3.60. The standard InChI is InChI=1S/C13H21NS/c1-10(2)9-11-13(3,6-7-14-11)12-5-4-8-15-12/h4-5,8,10-11,14H,6-7,9H2,1-3H3. The van der Waals surface area contributed by atoms with Crippen molar-refractivity contribution in [1.82, 2.24) is 5.32 Å². The summed E-state index contributed by atoms with van der Waals surface area (Å²) in [6.07, 6.45) is 2.57. The number of hydrogen-bond acceptors (Lipinski definition) is 2. The summed E-state index contributed by atoms with van der Waals surface area (Å²) in [4.78, 5) is 1.55. The molecule has 1 fully saturated rings. The minimum absolute atomic E-state index is 0.373. The quantitative estimate of drug-likeness (QED) is 0.828. The highest BCUT2D eigenvalue weighted by molar-refractivity contribution is 7.10. The van der Waals surface area contributed by atoms with E-state index in [1.54, 1.807) is 4.88 Å². The van der Waals surface area contributed by atoms with Gasteiger partial charge >= 0.3 is 0 Å². The van der Waals surface area contributed by atoms with Gasteiger partial charge in [-0.05, 0) is 36.8 Å². The van der Waals surface area contributed by atoms with E-state index in [1.807, 2.05) is 11.3 Å². The Hall–Kier alpha value is -0.340. The van der Waals surface area contributed by atoms with Crippen LogP contribution in [0, 0.1) is 5.92 Å². The molecule has 0 aliphatic carbocycles. The molecule has 1 N–H and O–H groups in total. The second-order valence-corrected chi connectivity index (χ2v) is 6.23. The predicted octanol–water partition coefficient (Wildman–Crippen LogP) is 3.41. The maximum atomic E-state index is 3.67. The second kappa shape index (κ2) is 4.26. The lowest BCUT2D eigenvalue weighted by atomic mass is 9.78. The maximum Gasteiger partial charge on any atom is 0.0184 e. The zero-order chi connectivity index (χ0) is 10.9. The van der Waals surface area contributed by atoms with Crippen LogP contribution in [0.5, 0.6) is 0 Å². The highest BCUT2D eigenvalue weighted by Crippen LogP contribution is 2.39. The van der Waals surface area contributed by atoms with Gasteiger partial charge in [0, 0.05) is 16.3 Å². The molecule has 2 heteroatoms. The lowest BCUT2D eigenvalue weighted by Crippen LogP contribution is -2.38. The molecule has 1 aliphatic heterocycles. The van der Waals surface area contributed by atoms with Crippen molar-refractivity contribution in [3.05, 3.63) is 22.4 Å². The molecule has 1 nitrogen and oxygen atoms in total. The molecule has 1 aromatic rings. The minimum Gasteiger partial charge on any atom is -0.313 e. The first-order chi connectivity index (χ1) is 7.13. The molecule has 1 aromatic heterocycles. The molecule has 0 radical (unpaired) electrons. The SMILES string of the molecule is CC(C)CC1NCCC1(C)c1cccs1. The van der Waals surface area contributed by atoms with Crippen LogP contribution >= 0.6 is 11.3 Å². The Balaban J connectivity index is 2.19. The summed E-state index contributed by atoms with van der Waals surface area (Å²) in [7, 11) is 0. The lowest BCUT2D eigenvalue weighted by molar-refractivity contribution is 0.349. The van der Waals surface area contributed by atoms with Crippen LogP contribution in [0.2, 0.25) is 0 Å². The van der Waals surface area contributed by atoms with Crippen molar-refractivity contribution in [3.63, 3.8) is 0 Å². The van der Waals surface area contributed by atoms with Gasteiger partial charge in [0.1, 0.15) is 0 Å². The van der Waals surface area contributed by atoms with Crippen LogP contribution in [-0.2, 0) is 5.41 Å². The fourth-order valence-corrected chi connectivity index (χ4v) is 3.59. The zero-order valence-electron chi connectivity index (χ0n) is 9.92. The van der Waals surface area contributed by atoms with Crippen LogP contribution in [0.25, 0.3) is 0 Å². The number of rotatable bonds is 3. The van der Waals surface area contributed by atoms with Gasteiger partial charge < -0.3 is 5.32 Å². The van der Waals surface area contributed by atoms with Gasteiger partial charge in [-0.3, -0.25) is 0 Å². The van der Waals surface area contributed by atoms with Gasteiger partial charge in [-0.1, -0.05) is 26.8 Å². The Morgan fingerprint density at radius 3 is 3.00 bits per heavy atom. The van der Waals surface area contributed by atoms with Crippen LogP contribution in [0.1, 0.15) is 38.5 Å². The van der Waals surface area contributed by atoms with Gasteiger partial charge in [0.05, 0.1) is 0 Å². The van der Waals surface area contributed by atoms with Crippen molar-refractivity contribution in [3.8, 4) is 0 Å². The topological polar surface area (TPSA) is 12.0 Å². The molecule has 1 saturated heterocycles. The molecule has 0 bridgehead atoms. The second-order valence-electron chi connectivity index (χ2n) is 5.28. The fourth-order valence-electron chi connectivity index (χ4n) is 2.62. The number of nitrogens with one attached hydrogen (secondary N) is 1. The Kier molecular flexibility index (Phi) is 3.17. The highest BCUT2D eigenvalue weighted by atomic mass is 32.1. The molecular weight excluding hydrogens is 202 g/mol. The maximum absolute atomic E-state index is 3.67. The summed E-state index contributed by atoms with van der Waals surface area (Å²) in [5.41, 5.74) is 0.373. The molecule has 15 heavy (non-hydrogen) atoms. The van der Waals surface area contributed by atoms with E-state index in [0.29, 0.717) is 11.5 Å². The van der Waals surface area contributed by atoms with Crippen molar-refractivity contribution >= 4 is 11.3 Å². The molecule has 2 rings (SSSR count). The van der Waals surface area contributed by atoms with E-state index < -0.39 is 0 Å². The largest absolute Gasteiger partial charge is 0.313 e. The van der Waals surface area contributed by atoms with Crippen LogP contribution in [0.3, 0.4) is 0 Å². The third-order valence-corrected chi connectivity index (χ3v) is 4.74. The summed E-state index contributed by atoms with van der Waals surface area (Å²) in [6.45, 7) is 8.22. The molecule has 0 amide bonds. The molecule has 2 heterocycles. The van der Waals surface area contributed by atoms with Crippen LogP contribution in [0.4, 0.5) is 0 Å². The van der Waals surface area contributed by atoms with E-state index >= 15 is 0 Å². The van der Waals surface area contributed by atoms with E-state index in [2.05, 4.69) is 43.6 Å². The zero-order valence-corrected chi connectivity index (χ0v) is 10.7. The summed E-state index contributed by atoms with van der Waals surface area (Å²) >= 11 is 1.91. The minimum atomic E-state index is 0.373. The van der Waals surface area contributed by atoms with Gasteiger partial charge in [0.15, 0.2) is 0 Å². The first-order valence-electron chi connectivity index (χ1n) is 5.90. The normalized spacial score (nSPS) is 31.3. The molecule has 2 atom stereocenters. The number of hydrogen-bond donors (Lipinski definition) is 1. The smallest absolute Gasteiger partial charge is 0.0184 e. The fraction of sp³-hybridized carbons (Fsp3) is 0.692.